The van der Waals surface area contributed by atoms with E-state index in [2.05, 4.69) is 11.8 Å². The Kier molecular flexibility index (Phi) is 4.13. The number of rotatable bonds is 3. The molecule has 0 unspecified atom stereocenters. The number of piperidine rings is 1. The van der Waals surface area contributed by atoms with E-state index in [1.807, 2.05) is 0 Å². The van der Waals surface area contributed by atoms with Crippen LogP contribution in [0.25, 0.3) is 0 Å². The molecule has 1 aromatic carbocycles. The summed E-state index contributed by atoms with van der Waals surface area (Å²) in [6.07, 6.45) is 1.97. The minimum Gasteiger partial charge on any atom is -0.387 e. The van der Waals surface area contributed by atoms with E-state index in [1.54, 1.807) is 12.1 Å². The number of halogens is 1. The molecule has 0 amide bonds. The zero-order valence-corrected chi connectivity index (χ0v) is 10.3. The first-order valence-electron chi connectivity index (χ1n) is 6.31. The SMILES string of the molecule is C[C@H]1CCCN(C[C@H](O)c2ccc(F)cc2)C1. The molecule has 0 radical (unpaired) electrons. The zero-order valence-electron chi connectivity index (χ0n) is 10.3. The van der Waals surface area contributed by atoms with Gasteiger partial charge in [-0.3, -0.25) is 0 Å². The summed E-state index contributed by atoms with van der Waals surface area (Å²) in [5.74, 6) is 0.455. The third kappa shape index (κ3) is 3.51. The van der Waals surface area contributed by atoms with E-state index >= 15 is 0 Å². The quantitative estimate of drug-likeness (QED) is 0.873. The highest BCUT2D eigenvalue weighted by Crippen LogP contribution is 2.20. The highest BCUT2D eigenvalue weighted by atomic mass is 19.1. The van der Waals surface area contributed by atoms with Gasteiger partial charge in [0.1, 0.15) is 5.82 Å². The minimum absolute atomic E-state index is 0.257. The molecule has 2 nitrogen and oxygen atoms in total. The van der Waals surface area contributed by atoms with Crippen LogP contribution in [-0.2, 0) is 0 Å². The van der Waals surface area contributed by atoms with Gasteiger partial charge in [0, 0.05) is 13.1 Å². The van der Waals surface area contributed by atoms with Crippen molar-refractivity contribution in [3.8, 4) is 0 Å². The molecule has 0 spiro atoms. The molecule has 1 saturated heterocycles. The molecule has 1 N–H and O–H groups in total. The summed E-state index contributed by atoms with van der Waals surface area (Å²) < 4.78 is 12.8. The average molecular weight is 237 g/mol. The van der Waals surface area contributed by atoms with Crippen LogP contribution in [0.1, 0.15) is 31.4 Å². The Labute approximate surface area is 102 Å². The largest absolute Gasteiger partial charge is 0.387 e. The van der Waals surface area contributed by atoms with E-state index in [1.165, 1.54) is 25.0 Å². The minimum atomic E-state index is -0.513. The van der Waals surface area contributed by atoms with Crippen LogP contribution in [0.4, 0.5) is 4.39 Å². The Hall–Kier alpha value is -0.930. The van der Waals surface area contributed by atoms with Crippen LogP contribution in [0.3, 0.4) is 0 Å². The summed E-state index contributed by atoms with van der Waals surface area (Å²) in [5, 5.41) is 10.1. The first-order valence-corrected chi connectivity index (χ1v) is 6.31. The molecule has 1 aliphatic rings. The van der Waals surface area contributed by atoms with Crippen LogP contribution in [0.2, 0.25) is 0 Å². The molecule has 0 aromatic heterocycles. The Balaban J connectivity index is 1.91. The van der Waals surface area contributed by atoms with E-state index < -0.39 is 6.10 Å². The van der Waals surface area contributed by atoms with Crippen LogP contribution in [0.15, 0.2) is 24.3 Å². The van der Waals surface area contributed by atoms with Gasteiger partial charge in [0.15, 0.2) is 0 Å². The topological polar surface area (TPSA) is 23.5 Å². The van der Waals surface area contributed by atoms with Crippen LogP contribution in [0, 0.1) is 11.7 Å². The molecule has 0 aliphatic carbocycles. The van der Waals surface area contributed by atoms with Gasteiger partial charge in [0.25, 0.3) is 0 Å². The van der Waals surface area contributed by atoms with E-state index in [0.29, 0.717) is 12.5 Å². The maximum absolute atomic E-state index is 12.8. The maximum atomic E-state index is 12.8. The number of nitrogens with zero attached hydrogens (tertiary/aromatic N) is 1. The lowest BCUT2D eigenvalue weighted by Crippen LogP contribution is -2.37. The molecular formula is C14H20FNO. The van der Waals surface area contributed by atoms with E-state index in [0.717, 1.165) is 18.7 Å². The van der Waals surface area contributed by atoms with Crippen molar-refractivity contribution in [3.05, 3.63) is 35.6 Å². The van der Waals surface area contributed by atoms with Crippen molar-refractivity contribution in [2.24, 2.45) is 5.92 Å². The second-order valence-corrected chi connectivity index (χ2v) is 5.07. The molecule has 2 atom stereocenters. The molecule has 17 heavy (non-hydrogen) atoms. The molecule has 1 aromatic rings. The zero-order chi connectivity index (χ0) is 12.3. The second kappa shape index (κ2) is 5.61. The fourth-order valence-electron chi connectivity index (χ4n) is 2.49. The first kappa shape index (κ1) is 12.5. The summed E-state index contributed by atoms with van der Waals surface area (Å²) >= 11 is 0. The Morgan fingerprint density at radius 3 is 2.76 bits per heavy atom. The lowest BCUT2D eigenvalue weighted by molar-refractivity contribution is 0.0875. The van der Waals surface area contributed by atoms with Crippen LogP contribution in [-0.4, -0.2) is 29.6 Å². The molecule has 1 aliphatic heterocycles. The van der Waals surface area contributed by atoms with Gasteiger partial charge in [-0.2, -0.15) is 0 Å². The fourth-order valence-corrected chi connectivity index (χ4v) is 2.49. The smallest absolute Gasteiger partial charge is 0.123 e. The van der Waals surface area contributed by atoms with E-state index in [9.17, 15) is 9.50 Å². The first-order chi connectivity index (χ1) is 8.15. The molecule has 0 bridgehead atoms. The van der Waals surface area contributed by atoms with E-state index in [4.69, 9.17) is 0 Å². The molecule has 3 heteroatoms. The summed E-state index contributed by atoms with van der Waals surface area (Å²) in [7, 11) is 0. The van der Waals surface area contributed by atoms with Gasteiger partial charge in [-0.1, -0.05) is 19.1 Å². The number of hydrogen-bond acceptors (Lipinski definition) is 2. The molecule has 2 rings (SSSR count). The standard InChI is InChI=1S/C14H20FNO/c1-11-3-2-8-16(9-11)10-14(17)12-4-6-13(15)7-5-12/h4-7,11,14,17H,2-3,8-10H2,1H3/t11-,14-/m0/s1. The van der Waals surface area contributed by atoms with Crippen molar-refractivity contribution in [2.75, 3.05) is 19.6 Å². The maximum Gasteiger partial charge on any atom is 0.123 e. The third-order valence-corrected chi connectivity index (χ3v) is 3.43. The summed E-state index contributed by atoms with van der Waals surface area (Å²) in [4.78, 5) is 2.29. The predicted octanol–water partition coefficient (Wildman–Crippen LogP) is 2.59. The Morgan fingerprint density at radius 1 is 1.41 bits per heavy atom. The number of aliphatic hydroxyl groups is 1. The molecule has 0 saturated carbocycles. The lowest BCUT2D eigenvalue weighted by atomic mass is 9.99. The molecule has 1 fully saturated rings. The highest BCUT2D eigenvalue weighted by molar-refractivity contribution is 5.18. The van der Waals surface area contributed by atoms with Gasteiger partial charge >= 0.3 is 0 Å². The van der Waals surface area contributed by atoms with Gasteiger partial charge in [-0.05, 0) is 43.0 Å². The number of benzene rings is 1. The van der Waals surface area contributed by atoms with Crippen molar-refractivity contribution >= 4 is 0 Å². The van der Waals surface area contributed by atoms with Crippen molar-refractivity contribution < 1.29 is 9.50 Å². The second-order valence-electron chi connectivity index (χ2n) is 5.07. The van der Waals surface area contributed by atoms with E-state index in [-0.39, 0.29) is 5.82 Å². The Morgan fingerprint density at radius 2 is 2.12 bits per heavy atom. The summed E-state index contributed by atoms with van der Waals surface area (Å²) in [5.41, 5.74) is 0.796. The number of aliphatic hydroxyl groups excluding tert-OH is 1. The number of likely N-dealkylation sites (tertiary alicyclic amines) is 1. The van der Waals surface area contributed by atoms with Crippen LogP contribution in [0.5, 0.6) is 0 Å². The van der Waals surface area contributed by atoms with Gasteiger partial charge in [0.2, 0.25) is 0 Å². The highest BCUT2D eigenvalue weighted by Gasteiger charge is 2.19. The normalized spacial score (nSPS) is 23.6. The third-order valence-electron chi connectivity index (χ3n) is 3.43. The van der Waals surface area contributed by atoms with Crippen molar-refractivity contribution in [1.82, 2.24) is 4.90 Å². The average Bonchev–Trinajstić information content (AvgIpc) is 2.29. The predicted molar refractivity (Wildman–Crippen MR) is 66.2 cm³/mol. The molecule has 94 valence electrons. The van der Waals surface area contributed by atoms with Crippen molar-refractivity contribution in [2.45, 2.75) is 25.9 Å². The molecular weight excluding hydrogens is 217 g/mol. The monoisotopic (exact) mass is 237 g/mol. The fraction of sp³-hybridized carbons (Fsp3) is 0.571. The van der Waals surface area contributed by atoms with Crippen molar-refractivity contribution in [1.29, 1.82) is 0 Å². The number of hydrogen-bond donors (Lipinski definition) is 1. The lowest BCUT2D eigenvalue weighted by Gasteiger charge is -2.32. The summed E-state index contributed by atoms with van der Waals surface area (Å²) in [6, 6.07) is 6.12. The number of β-amino-alcohol motifs (C(OH)–C–C–N with tert-alkyl or cyclic N) is 1. The van der Waals surface area contributed by atoms with Crippen molar-refractivity contribution in [3.63, 3.8) is 0 Å². The van der Waals surface area contributed by atoms with Gasteiger partial charge in [0.05, 0.1) is 6.10 Å². The molecule has 1 heterocycles. The van der Waals surface area contributed by atoms with Gasteiger partial charge < -0.3 is 10.0 Å². The van der Waals surface area contributed by atoms with Gasteiger partial charge in [-0.15, -0.1) is 0 Å². The summed E-state index contributed by atoms with van der Waals surface area (Å²) in [6.45, 7) is 5.01. The Bertz CT molecular complexity index is 352. The van der Waals surface area contributed by atoms with Crippen LogP contribution < -0.4 is 0 Å². The van der Waals surface area contributed by atoms with Gasteiger partial charge in [-0.25, -0.2) is 4.39 Å². The van der Waals surface area contributed by atoms with Crippen LogP contribution >= 0.6 is 0 Å².